The van der Waals surface area contributed by atoms with Gasteiger partial charge in [-0.2, -0.15) is 0 Å². The van der Waals surface area contributed by atoms with E-state index >= 15 is 0 Å². The zero-order valence-corrected chi connectivity index (χ0v) is 3.35. The van der Waals surface area contributed by atoms with Crippen LogP contribution in [0.2, 0.25) is 0 Å². The van der Waals surface area contributed by atoms with Crippen molar-refractivity contribution >= 4 is 6.29 Å². The largest absolute Gasteiger partial charge is 0.345 e. The van der Waals surface area contributed by atoms with E-state index in [1.165, 1.54) is 0 Å². The van der Waals surface area contributed by atoms with E-state index in [-0.39, 0.29) is 0 Å². The first-order chi connectivity index (χ1) is 2.89. The molecule has 0 fully saturated rings. The van der Waals surface area contributed by atoms with Gasteiger partial charge in [-0.05, 0) is 0 Å². The molecule has 0 atom stereocenters. The maximum atomic E-state index is 4.72. The normalized spacial score (nSPS) is 17.0. The van der Waals surface area contributed by atoms with Crippen LogP contribution in [-0.4, -0.2) is 6.29 Å². The highest BCUT2D eigenvalue weighted by atomic mass is 16.4. The van der Waals surface area contributed by atoms with Crippen molar-refractivity contribution in [2.24, 2.45) is 0 Å². The maximum Gasteiger partial charge on any atom is 0.345 e. The summed E-state index contributed by atoms with van der Waals surface area (Å²) in [5, 5.41) is 0. The number of rotatable bonds is 0. The van der Waals surface area contributed by atoms with E-state index in [0.717, 1.165) is 5.76 Å². The van der Waals surface area contributed by atoms with Crippen molar-refractivity contribution < 1.29 is 4.42 Å². The molecule has 1 rings (SSSR count). The van der Waals surface area contributed by atoms with E-state index in [1.54, 1.807) is 12.4 Å². The molecule has 6 heavy (non-hydrogen) atoms. The highest BCUT2D eigenvalue weighted by molar-refractivity contribution is 5.68. The monoisotopic (exact) mass is 81.0 g/mol. The first kappa shape index (κ1) is 3.34. The molecular formula is C5H5O+. The summed E-state index contributed by atoms with van der Waals surface area (Å²) in [5.74, 6) is 0.718. The van der Waals surface area contributed by atoms with Crippen LogP contribution in [0.1, 0.15) is 0 Å². The van der Waals surface area contributed by atoms with E-state index in [9.17, 15) is 0 Å². The lowest BCUT2D eigenvalue weighted by molar-refractivity contribution is -0.379. The molecule has 1 nitrogen and oxygen atoms in total. The smallest absolute Gasteiger partial charge is 0.217 e. The average molecular weight is 81.1 g/mol. The Balaban J connectivity index is 2.86. The van der Waals surface area contributed by atoms with Crippen LogP contribution in [0.3, 0.4) is 0 Å². The molecule has 1 heteroatoms. The molecule has 0 radical (unpaired) electrons. The molecule has 0 N–H and O–H groups in total. The number of hydrogen-bond acceptors (Lipinski definition) is 0. The lowest BCUT2D eigenvalue weighted by atomic mass is 10.5. The van der Waals surface area contributed by atoms with Crippen LogP contribution in [0.4, 0.5) is 0 Å². The van der Waals surface area contributed by atoms with Gasteiger partial charge in [-0.3, -0.25) is 0 Å². The standard InChI is InChI=1S/C5H5O/c1-5-3-2-4-6-5/h2-4H,1H2/q+1. The van der Waals surface area contributed by atoms with Crippen LogP contribution in [0.15, 0.2) is 24.5 Å². The summed E-state index contributed by atoms with van der Waals surface area (Å²) in [6.07, 6.45) is 5.21. The molecule has 0 aromatic rings. The highest BCUT2D eigenvalue weighted by Crippen LogP contribution is 1.91. The molecule has 0 spiro atoms. The SMILES string of the molecule is C=C1C=CC=[O+]1. The summed E-state index contributed by atoms with van der Waals surface area (Å²) >= 11 is 0. The molecule has 1 aliphatic rings. The maximum absolute atomic E-state index is 4.72. The molecule has 0 aliphatic carbocycles. The lowest BCUT2D eigenvalue weighted by Crippen LogP contribution is -1.62. The average Bonchev–Trinajstić information content (AvgIpc) is 1.86. The van der Waals surface area contributed by atoms with Gasteiger partial charge in [0.05, 0.1) is 6.08 Å². The minimum atomic E-state index is 0.718. The molecule has 1 heterocycles. The molecule has 0 unspecified atom stereocenters. The lowest BCUT2D eigenvalue weighted by Gasteiger charge is -1.55. The van der Waals surface area contributed by atoms with Crippen molar-refractivity contribution in [3.05, 3.63) is 24.5 Å². The fraction of sp³-hybridized carbons (Fsp3) is 0. The Morgan fingerprint density at radius 2 is 2.50 bits per heavy atom. The van der Waals surface area contributed by atoms with Crippen LogP contribution in [-0.2, 0) is 4.42 Å². The zero-order chi connectivity index (χ0) is 4.41. The van der Waals surface area contributed by atoms with Crippen LogP contribution >= 0.6 is 0 Å². The summed E-state index contributed by atoms with van der Waals surface area (Å²) in [7, 11) is 0. The van der Waals surface area contributed by atoms with Gasteiger partial charge in [0.25, 0.3) is 0 Å². The molecule has 0 saturated carbocycles. The van der Waals surface area contributed by atoms with Gasteiger partial charge in [-0.1, -0.05) is 0 Å². The van der Waals surface area contributed by atoms with Gasteiger partial charge in [0, 0.05) is 12.7 Å². The predicted octanol–water partition coefficient (Wildman–Crippen LogP) is 0.804. The Morgan fingerprint density at radius 3 is 2.67 bits per heavy atom. The van der Waals surface area contributed by atoms with E-state index in [0.29, 0.717) is 0 Å². The van der Waals surface area contributed by atoms with Crippen molar-refractivity contribution in [1.82, 2.24) is 0 Å². The minimum Gasteiger partial charge on any atom is -0.217 e. The quantitative estimate of drug-likeness (QED) is 0.302. The van der Waals surface area contributed by atoms with Gasteiger partial charge >= 0.3 is 12.0 Å². The Bertz CT molecular complexity index is 106. The van der Waals surface area contributed by atoms with Crippen molar-refractivity contribution in [1.29, 1.82) is 0 Å². The van der Waals surface area contributed by atoms with Gasteiger partial charge < -0.3 is 0 Å². The molecule has 1 aliphatic heterocycles. The van der Waals surface area contributed by atoms with Gasteiger partial charge in [-0.15, -0.1) is 0 Å². The fourth-order valence-corrected chi connectivity index (χ4v) is 0.313. The number of carbonyl (C=O) groups excluding carboxylic acids is 1. The molecule has 0 amide bonds. The first-order valence-electron chi connectivity index (χ1n) is 1.75. The number of hydrogen-bond donors (Lipinski definition) is 0. The molecule has 0 bridgehead atoms. The first-order valence-corrected chi connectivity index (χ1v) is 1.75. The topological polar surface area (TPSA) is 11.3 Å². The van der Waals surface area contributed by atoms with Crippen molar-refractivity contribution in [2.75, 3.05) is 0 Å². The van der Waals surface area contributed by atoms with Gasteiger partial charge in [0.15, 0.2) is 0 Å². The summed E-state index contributed by atoms with van der Waals surface area (Å²) in [4.78, 5) is 0. The minimum absolute atomic E-state index is 0.718. The van der Waals surface area contributed by atoms with Crippen molar-refractivity contribution in [3.8, 4) is 0 Å². The van der Waals surface area contributed by atoms with Crippen molar-refractivity contribution in [2.45, 2.75) is 0 Å². The van der Waals surface area contributed by atoms with E-state index < -0.39 is 0 Å². The number of aldehydes is 1. The van der Waals surface area contributed by atoms with E-state index in [2.05, 4.69) is 6.58 Å². The van der Waals surface area contributed by atoms with E-state index in [4.69, 9.17) is 4.42 Å². The highest BCUT2D eigenvalue weighted by Gasteiger charge is 1.99. The van der Waals surface area contributed by atoms with Crippen LogP contribution in [0.25, 0.3) is 0 Å². The summed E-state index contributed by atoms with van der Waals surface area (Å²) < 4.78 is 4.72. The third kappa shape index (κ3) is 0.385. The molecule has 0 aromatic carbocycles. The third-order valence-electron chi connectivity index (χ3n) is 0.580. The molecule has 0 saturated heterocycles. The van der Waals surface area contributed by atoms with E-state index in [1.807, 2.05) is 6.08 Å². The second-order valence-corrected chi connectivity index (χ2v) is 1.08. The van der Waals surface area contributed by atoms with Crippen LogP contribution in [0, 0.1) is 0 Å². The van der Waals surface area contributed by atoms with Gasteiger partial charge in [0.2, 0.25) is 0 Å². The Kier molecular flexibility index (Phi) is 0.607. The zero-order valence-electron chi connectivity index (χ0n) is 3.35. The summed E-state index contributed by atoms with van der Waals surface area (Å²) in [5.41, 5.74) is 0. The summed E-state index contributed by atoms with van der Waals surface area (Å²) in [6.45, 7) is 3.51. The molecule has 30 valence electrons. The summed E-state index contributed by atoms with van der Waals surface area (Å²) in [6, 6.07) is 0. The Morgan fingerprint density at radius 1 is 1.67 bits per heavy atom. The molecule has 0 aromatic heterocycles. The second-order valence-electron chi connectivity index (χ2n) is 1.08. The Hall–Kier alpha value is -0.850. The third-order valence-corrected chi connectivity index (χ3v) is 0.580. The van der Waals surface area contributed by atoms with Gasteiger partial charge in [-0.25, -0.2) is 4.42 Å². The van der Waals surface area contributed by atoms with Crippen LogP contribution in [0.5, 0.6) is 0 Å². The molecular weight excluding hydrogens is 76.1 g/mol. The van der Waals surface area contributed by atoms with Gasteiger partial charge in [0.1, 0.15) is 0 Å². The van der Waals surface area contributed by atoms with Crippen molar-refractivity contribution in [3.63, 3.8) is 0 Å². The van der Waals surface area contributed by atoms with Crippen LogP contribution < -0.4 is 0 Å². The second kappa shape index (κ2) is 1.09. The Labute approximate surface area is 36.3 Å². The fourth-order valence-electron chi connectivity index (χ4n) is 0.313. The predicted molar refractivity (Wildman–Crippen MR) is 24.3 cm³/mol. The number of allylic oxidation sites excluding steroid dienone is 2.